The molecule has 3 rings (SSSR count). The van der Waals surface area contributed by atoms with Gasteiger partial charge in [-0.2, -0.15) is 0 Å². The van der Waals surface area contributed by atoms with E-state index in [0.717, 1.165) is 17.5 Å². The molecule has 1 aromatic rings. The van der Waals surface area contributed by atoms with Gasteiger partial charge in [0.15, 0.2) is 0 Å². The molecule has 146 valence electrons. The molecule has 0 saturated carbocycles. The summed E-state index contributed by atoms with van der Waals surface area (Å²) >= 11 is 0. The summed E-state index contributed by atoms with van der Waals surface area (Å²) in [5.41, 5.74) is 8.60. The zero-order chi connectivity index (χ0) is 19.4. The van der Waals surface area contributed by atoms with Crippen LogP contribution in [0.25, 0.3) is 0 Å². The van der Waals surface area contributed by atoms with Gasteiger partial charge in [-0.1, -0.05) is 12.1 Å². The van der Waals surface area contributed by atoms with Crippen molar-refractivity contribution in [1.82, 2.24) is 15.5 Å². The third-order valence-corrected chi connectivity index (χ3v) is 5.02. The van der Waals surface area contributed by atoms with Gasteiger partial charge in [0.2, 0.25) is 11.8 Å². The number of nitrogens with zero attached hydrogens (tertiary/aromatic N) is 1. The SMILES string of the molecule is COCCC(N)CNCc1ccc2c(c1)CN(C1CCC(=O)NC1=O)C2=O. The summed E-state index contributed by atoms with van der Waals surface area (Å²) in [7, 11) is 1.66. The fourth-order valence-corrected chi connectivity index (χ4v) is 3.51. The quantitative estimate of drug-likeness (QED) is 0.548. The van der Waals surface area contributed by atoms with Crippen LogP contribution in [-0.2, 0) is 27.4 Å². The number of hydrogen-bond acceptors (Lipinski definition) is 6. The Morgan fingerprint density at radius 1 is 1.37 bits per heavy atom. The molecule has 0 bridgehead atoms. The van der Waals surface area contributed by atoms with Crippen LogP contribution in [0.4, 0.5) is 0 Å². The van der Waals surface area contributed by atoms with Gasteiger partial charge in [0.05, 0.1) is 0 Å². The van der Waals surface area contributed by atoms with Crippen molar-refractivity contribution in [1.29, 1.82) is 0 Å². The molecule has 2 aliphatic heterocycles. The summed E-state index contributed by atoms with van der Waals surface area (Å²) in [6.07, 6.45) is 1.43. The number of amides is 3. The predicted octanol–water partition coefficient (Wildman–Crippen LogP) is -0.0990. The normalized spacial score (nSPS) is 20.6. The van der Waals surface area contributed by atoms with Crippen LogP contribution in [0, 0.1) is 0 Å². The fourth-order valence-electron chi connectivity index (χ4n) is 3.51. The second kappa shape index (κ2) is 8.60. The number of carbonyl (C=O) groups excluding carboxylic acids is 3. The van der Waals surface area contributed by atoms with Crippen molar-refractivity contribution in [2.75, 3.05) is 20.3 Å². The number of benzene rings is 1. The zero-order valence-electron chi connectivity index (χ0n) is 15.5. The summed E-state index contributed by atoms with van der Waals surface area (Å²) in [5, 5.41) is 5.63. The molecule has 2 atom stereocenters. The van der Waals surface area contributed by atoms with Crippen LogP contribution in [0.15, 0.2) is 18.2 Å². The number of hydrogen-bond donors (Lipinski definition) is 3. The third-order valence-electron chi connectivity index (χ3n) is 5.02. The average Bonchev–Trinajstić information content (AvgIpc) is 2.96. The minimum Gasteiger partial charge on any atom is -0.385 e. The number of ether oxygens (including phenoxy) is 1. The van der Waals surface area contributed by atoms with E-state index in [9.17, 15) is 14.4 Å². The fraction of sp³-hybridized carbons (Fsp3) is 0.526. The summed E-state index contributed by atoms with van der Waals surface area (Å²) in [4.78, 5) is 37.6. The predicted molar refractivity (Wildman–Crippen MR) is 98.7 cm³/mol. The molecule has 0 aliphatic carbocycles. The molecule has 2 aliphatic rings. The standard InChI is InChI=1S/C19H26N4O4/c1-27-7-6-14(20)10-21-9-12-2-3-15-13(8-12)11-23(19(15)26)16-4-5-17(24)22-18(16)25/h2-3,8,14,16,21H,4-7,9-11,20H2,1H3,(H,22,24,25). The second-order valence-corrected chi connectivity index (χ2v) is 7.06. The van der Waals surface area contributed by atoms with Gasteiger partial charge in [-0.3, -0.25) is 19.7 Å². The number of carbonyl (C=O) groups is 3. The van der Waals surface area contributed by atoms with Crippen LogP contribution in [0.3, 0.4) is 0 Å². The average molecular weight is 374 g/mol. The lowest BCUT2D eigenvalue weighted by Crippen LogP contribution is -2.52. The molecule has 8 nitrogen and oxygen atoms in total. The molecule has 2 heterocycles. The maximum atomic E-state index is 12.7. The minimum atomic E-state index is -0.581. The molecule has 1 fully saturated rings. The number of rotatable bonds is 8. The van der Waals surface area contributed by atoms with E-state index in [1.165, 1.54) is 0 Å². The van der Waals surface area contributed by atoms with Crippen molar-refractivity contribution in [2.24, 2.45) is 5.73 Å². The second-order valence-electron chi connectivity index (χ2n) is 7.06. The van der Waals surface area contributed by atoms with Gasteiger partial charge in [-0.15, -0.1) is 0 Å². The Morgan fingerprint density at radius 3 is 2.93 bits per heavy atom. The van der Waals surface area contributed by atoms with Gasteiger partial charge in [0.25, 0.3) is 5.91 Å². The van der Waals surface area contributed by atoms with Crippen molar-refractivity contribution in [3.05, 3.63) is 34.9 Å². The van der Waals surface area contributed by atoms with Crippen LogP contribution in [0.5, 0.6) is 0 Å². The summed E-state index contributed by atoms with van der Waals surface area (Å²) in [6.45, 7) is 2.37. The lowest BCUT2D eigenvalue weighted by molar-refractivity contribution is -0.136. The molecule has 1 saturated heterocycles. The Kier molecular flexibility index (Phi) is 6.20. The number of piperidine rings is 1. The zero-order valence-corrected chi connectivity index (χ0v) is 15.5. The first-order valence-electron chi connectivity index (χ1n) is 9.21. The van der Waals surface area contributed by atoms with Crippen molar-refractivity contribution in [2.45, 2.75) is 44.4 Å². The van der Waals surface area contributed by atoms with Crippen LogP contribution >= 0.6 is 0 Å². The van der Waals surface area contributed by atoms with Crippen LogP contribution < -0.4 is 16.4 Å². The summed E-state index contributed by atoms with van der Waals surface area (Å²) < 4.78 is 5.02. The Labute approximate surface area is 158 Å². The molecule has 27 heavy (non-hydrogen) atoms. The Morgan fingerprint density at radius 2 is 2.19 bits per heavy atom. The van der Waals surface area contributed by atoms with Gasteiger partial charge in [0, 0.05) is 51.4 Å². The van der Waals surface area contributed by atoms with E-state index in [1.54, 1.807) is 12.0 Å². The monoisotopic (exact) mass is 374 g/mol. The van der Waals surface area contributed by atoms with Crippen molar-refractivity contribution < 1.29 is 19.1 Å². The van der Waals surface area contributed by atoms with E-state index in [2.05, 4.69) is 10.6 Å². The van der Waals surface area contributed by atoms with Gasteiger partial charge in [0.1, 0.15) is 6.04 Å². The van der Waals surface area contributed by atoms with Crippen molar-refractivity contribution >= 4 is 17.7 Å². The molecule has 8 heteroatoms. The highest BCUT2D eigenvalue weighted by Crippen LogP contribution is 2.28. The number of fused-ring (bicyclic) bond motifs is 1. The lowest BCUT2D eigenvalue weighted by Gasteiger charge is -2.29. The smallest absolute Gasteiger partial charge is 0.255 e. The first kappa shape index (κ1) is 19.5. The van der Waals surface area contributed by atoms with Gasteiger partial charge in [-0.25, -0.2) is 0 Å². The van der Waals surface area contributed by atoms with Gasteiger partial charge < -0.3 is 20.7 Å². The Bertz CT molecular complexity index is 736. The summed E-state index contributed by atoms with van der Waals surface area (Å²) in [5.74, 6) is -0.822. The number of nitrogens with two attached hydrogens (primary N) is 1. The van der Waals surface area contributed by atoms with E-state index in [0.29, 0.717) is 38.2 Å². The van der Waals surface area contributed by atoms with E-state index < -0.39 is 6.04 Å². The first-order chi connectivity index (χ1) is 13.0. The molecule has 3 amide bonds. The highest BCUT2D eigenvalue weighted by molar-refractivity contribution is 6.05. The molecule has 4 N–H and O–H groups in total. The van der Waals surface area contributed by atoms with Crippen molar-refractivity contribution in [3.8, 4) is 0 Å². The minimum absolute atomic E-state index is 0.0315. The van der Waals surface area contributed by atoms with E-state index in [1.807, 2.05) is 18.2 Å². The Balaban J connectivity index is 1.59. The number of nitrogens with one attached hydrogen (secondary N) is 2. The highest BCUT2D eigenvalue weighted by Gasteiger charge is 2.38. The molecular weight excluding hydrogens is 348 g/mol. The molecule has 2 unspecified atom stereocenters. The van der Waals surface area contributed by atoms with Crippen LogP contribution in [0.2, 0.25) is 0 Å². The van der Waals surface area contributed by atoms with E-state index in [4.69, 9.17) is 10.5 Å². The van der Waals surface area contributed by atoms with E-state index >= 15 is 0 Å². The number of methoxy groups -OCH3 is 1. The third kappa shape index (κ3) is 4.52. The molecule has 0 radical (unpaired) electrons. The molecule has 1 aromatic carbocycles. The van der Waals surface area contributed by atoms with E-state index in [-0.39, 0.29) is 30.2 Å². The largest absolute Gasteiger partial charge is 0.385 e. The van der Waals surface area contributed by atoms with Crippen molar-refractivity contribution in [3.63, 3.8) is 0 Å². The lowest BCUT2D eigenvalue weighted by atomic mass is 10.0. The topological polar surface area (TPSA) is 114 Å². The van der Waals surface area contributed by atoms with Crippen LogP contribution in [0.1, 0.15) is 40.7 Å². The molecule has 0 spiro atoms. The van der Waals surface area contributed by atoms with Gasteiger partial charge >= 0.3 is 0 Å². The molecule has 0 aromatic heterocycles. The maximum Gasteiger partial charge on any atom is 0.255 e. The van der Waals surface area contributed by atoms with Gasteiger partial charge in [-0.05, 0) is 30.0 Å². The first-order valence-corrected chi connectivity index (χ1v) is 9.21. The maximum absolute atomic E-state index is 12.7. The number of imide groups is 1. The Hall–Kier alpha value is -2.29. The summed E-state index contributed by atoms with van der Waals surface area (Å²) in [6, 6.07) is 5.17. The highest BCUT2D eigenvalue weighted by atomic mass is 16.5. The van der Waals surface area contributed by atoms with Crippen LogP contribution in [-0.4, -0.2) is 55.0 Å². The molecular formula is C19H26N4O4.